The van der Waals surface area contributed by atoms with Crippen LogP contribution in [0.2, 0.25) is 0 Å². The summed E-state index contributed by atoms with van der Waals surface area (Å²) in [6, 6.07) is 5.83. The number of nitrogens with zero attached hydrogens (tertiary/aromatic N) is 4. The van der Waals surface area contributed by atoms with Crippen LogP contribution in [0.15, 0.2) is 30.9 Å². The third-order valence-electron chi connectivity index (χ3n) is 3.88. The fourth-order valence-electron chi connectivity index (χ4n) is 2.63. The van der Waals surface area contributed by atoms with Gasteiger partial charge in [-0.25, -0.2) is 4.98 Å². The minimum absolute atomic E-state index is 0.273. The van der Waals surface area contributed by atoms with E-state index in [1.807, 2.05) is 25.1 Å². The molecule has 2 heterocycles. The SMILES string of the molecule is CCOc1cc(OC2CCN(C)CC2)ccc1Nn1cncn1. The molecule has 1 aliphatic heterocycles. The van der Waals surface area contributed by atoms with Crippen molar-refractivity contribution in [1.29, 1.82) is 0 Å². The molecule has 1 N–H and O–H groups in total. The van der Waals surface area contributed by atoms with E-state index in [0.29, 0.717) is 6.61 Å². The molecule has 7 heteroatoms. The van der Waals surface area contributed by atoms with Gasteiger partial charge in [-0.3, -0.25) is 5.43 Å². The second-order valence-corrected chi connectivity index (χ2v) is 5.66. The lowest BCUT2D eigenvalue weighted by Crippen LogP contribution is -2.35. The van der Waals surface area contributed by atoms with Gasteiger partial charge >= 0.3 is 0 Å². The van der Waals surface area contributed by atoms with Crippen LogP contribution in [0.5, 0.6) is 11.5 Å². The molecule has 0 bridgehead atoms. The van der Waals surface area contributed by atoms with E-state index in [0.717, 1.165) is 43.1 Å². The first-order chi connectivity index (χ1) is 11.2. The number of likely N-dealkylation sites (tertiary alicyclic amines) is 1. The average molecular weight is 317 g/mol. The first-order valence-corrected chi connectivity index (χ1v) is 7.98. The van der Waals surface area contributed by atoms with Gasteiger partial charge in [0.25, 0.3) is 0 Å². The fourth-order valence-corrected chi connectivity index (χ4v) is 2.63. The molecule has 0 unspecified atom stereocenters. The van der Waals surface area contributed by atoms with Crippen molar-refractivity contribution in [2.45, 2.75) is 25.9 Å². The zero-order valence-electron chi connectivity index (χ0n) is 13.6. The summed E-state index contributed by atoms with van der Waals surface area (Å²) in [6.07, 6.45) is 5.46. The normalized spacial score (nSPS) is 16.3. The zero-order valence-corrected chi connectivity index (χ0v) is 13.6. The number of hydrogen-bond donors (Lipinski definition) is 1. The van der Waals surface area contributed by atoms with Gasteiger partial charge in [-0.2, -0.15) is 4.79 Å². The smallest absolute Gasteiger partial charge is 0.147 e. The summed E-state index contributed by atoms with van der Waals surface area (Å²) in [5.74, 6) is 1.58. The van der Waals surface area contributed by atoms with Crippen LogP contribution < -0.4 is 14.9 Å². The Labute approximate surface area is 136 Å². The Bertz CT molecular complexity index is 609. The number of aromatic nitrogens is 3. The lowest BCUT2D eigenvalue weighted by atomic mass is 10.1. The Hall–Kier alpha value is -2.28. The van der Waals surface area contributed by atoms with Gasteiger partial charge in [-0.1, -0.05) is 0 Å². The molecule has 0 amide bonds. The predicted molar refractivity (Wildman–Crippen MR) is 87.8 cm³/mol. The summed E-state index contributed by atoms with van der Waals surface area (Å²) < 4.78 is 11.8. The lowest BCUT2D eigenvalue weighted by Gasteiger charge is -2.29. The first kappa shape index (κ1) is 15.6. The van der Waals surface area contributed by atoms with Crippen molar-refractivity contribution in [2.75, 3.05) is 32.2 Å². The Balaban J connectivity index is 1.70. The van der Waals surface area contributed by atoms with Crippen molar-refractivity contribution in [3.8, 4) is 11.5 Å². The van der Waals surface area contributed by atoms with Crippen molar-refractivity contribution >= 4 is 5.69 Å². The summed E-state index contributed by atoms with van der Waals surface area (Å²) >= 11 is 0. The standard InChI is InChI=1S/C16H23N5O2/c1-3-22-16-10-14(23-13-6-8-20(2)9-7-13)4-5-15(16)19-21-12-17-11-18-21/h4-5,10-13,19H,3,6-9H2,1-2H3. The number of piperidine rings is 1. The number of benzene rings is 1. The van der Waals surface area contributed by atoms with Gasteiger partial charge in [-0.15, -0.1) is 5.10 Å². The molecule has 0 spiro atoms. The number of hydrogen-bond acceptors (Lipinski definition) is 6. The highest BCUT2D eigenvalue weighted by Crippen LogP contribution is 2.31. The van der Waals surface area contributed by atoms with Crippen molar-refractivity contribution in [3.05, 3.63) is 30.9 Å². The van der Waals surface area contributed by atoms with E-state index < -0.39 is 0 Å². The van der Waals surface area contributed by atoms with E-state index in [-0.39, 0.29) is 6.10 Å². The van der Waals surface area contributed by atoms with Gasteiger partial charge < -0.3 is 14.4 Å². The number of anilines is 1. The maximum absolute atomic E-state index is 6.11. The van der Waals surface area contributed by atoms with E-state index >= 15 is 0 Å². The largest absolute Gasteiger partial charge is 0.491 e. The summed E-state index contributed by atoms with van der Waals surface area (Å²) in [7, 11) is 2.15. The van der Waals surface area contributed by atoms with Gasteiger partial charge in [-0.05, 0) is 38.9 Å². The zero-order chi connectivity index (χ0) is 16.1. The maximum Gasteiger partial charge on any atom is 0.147 e. The van der Waals surface area contributed by atoms with E-state index in [4.69, 9.17) is 9.47 Å². The van der Waals surface area contributed by atoms with Crippen LogP contribution in [0.4, 0.5) is 5.69 Å². The van der Waals surface area contributed by atoms with E-state index in [9.17, 15) is 0 Å². The van der Waals surface area contributed by atoms with Crippen molar-refractivity contribution in [3.63, 3.8) is 0 Å². The van der Waals surface area contributed by atoms with Gasteiger partial charge in [0.15, 0.2) is 0 Å². The Morgan fingerprint density at radius 1 is 1.30 bits per heavy atom. The summed E-state index contributed by atoms with van der Waals surface area (Å²) in [5.41, 5.74) is 3.96. The monoisotopic (exact) mass is 317 g/mol. The predicted octanol–water partition coefficient (Wildman–Crippen LogP) is 2.02. The van der Waals surface area contributed by atoms with Gasteiger partial charge in [0, 0.05) is 19.2 Å². The Kier molecular flexibility index (Phi) is 4.97. The van der Waals surface area contributed by atoms with Gasteiger partial charge in [0.1, 0.15) is 30.3 Å². The molecular weight excluding hydrogens is 294 g/mol. The summed E-state index contributed by atoms with van der Waals surface area (Å²) in [6.45, 7) is 4.71. The number of rotatable bonds is 6. The lowest BCUT2D eigenvalue weighted by molar-refractivity contribution is 0.114. The minimum Gasteiger partial charge on any atom is -0.491 e. The molecule has 0 radical (unpaired) electrons. The highest BCUT2D eigenvalue weighted by atomic mass is 16.5. The Morgan fingerprint density at radius 3 is 2.83 bits per heavy atom. The van der Waals surface area contributed by atoms with Crippen LogP contribution in [0.25, 0.3) is 0 Å². The van der Waals surface area contributed by atoms with Crippen LogP contribution >= 0.6 is 0 Å². The minimum atomic E-state index is 0.273. The highest BCUT2D eigenvalue weighted by molar-refractivity contribution is 5.58. The number of nitrogens with one attached hydrogen (secondary N) is 1. The molecule has 1 fully saturated rings. The van der Waals surface area contributed by atoms with Crippen LogP contribution in [-0.4, -0.2) is 52.6 Å². The highest BCUT2D eigenvalue weighted by Gasteiger charge is 2.18. The molecule has 1 saturated heterocycles. The van der Waals surface area contributed by atoms with Crippen LogP contribution in [0, 0.1) is 0 Å². The van der Waals surface area contributed by atoms with Crippen molar-refractivity contribution < 1.29 is 9.47 Å². The van der Waals surface area contributed by atoms with Crippen LogP contribution in [-0.2, 0) is 0 Å². The maximum atomic E-state index is 6.11. The second kappa shape index (κ2) is 7.32. The molecular formula is C16H23N5O2. The average Bonchev–Trinajstić information content (AvgIpc) is 3.05. The molecule has 2 aromatic rings. The summed E-state index contributed by atoms with van der Waals surface area (Å²) in [5, 5.41) is 4.04. The fraction of sp³-hybridized carbons (Fsp3) is 0.500. The molecule has 0 saturated carbocycles. The first-order valence-electron chi connectivity index (χ1n) is 7.98. The third-order valence-corrected chi connectivity index (χ3v) is 3.88. The Morgan fingerprint density at radius 2 is 2.13 bits per heavy atom. The van der Waals surface area contributed by atoms with Gasteiger partial charge in [0.05, 0.1) is 12.3 Å². The molecule has 23 heavy (non-hydrogen) atoms. The molecule has 1 aliphatic rings. The third kappa shape index (κ3) is 4.13. The quantitative estimate of drug-likeness (QED) is 0.879. The molecule has 0 aliphatic carbocycles. The molecule has 124 valence electrons. The molecule has 7 nitrogen and oxygen atoms in total. The van der Waals surface area contributed by atoms with Crippen LogP contribution in [0.3, 0.4) is 0 Å². The summed E-state index contributed by atoms with van der Waals surface area (Å²) in [4.78, 5) is 7.78. The topological polar surface area (TPSA) is 64.4 Å². The van der Waals surface area contributed by atoms with Crippen molar-refractivity contribution in [2.24, 2.45) is 0 Å². The van der Waals surface area contributed by atoms with Crippen LogP contribution in [0.1, 0.15) is 19.8 Å². The van der Waals surface area contributed by atoms with Crippen molar-refractivity contribution in [1.82, 2.24) is 19.8 Å². The molecule has 0 atom stereocenters. The van der Waals surface area contributed by atoms with Gasteiger partial charge in [0.2, 0.25) is 0 Å². The van der Waals surface area contributed by atoms with E-state index in [1.54, 1.807) is 6.33 Å². The molecule has 3 rings (SSSR count). The molecule has 1 aromatic heterocycles. The van der Waals surface area contributed by atoms with E-state index in [1.165, 1.54) is 11.1 Å². The van der Waals surface area contributed by atoms with E-state index in [2.05, 4.69) is 27.5 Å². The molecule has 1 aromatic carbocycles. The number of ether oxygens (including phenoxy) is 2. The second-order valence-electron chi connectivity index (χ2n) is 5.66.